The molecule has 0 radical (unpaired) electrons. The van der Waals surface area contributed by atoms with Crippen LogP contribution in [0.4, 0.5) is 0 Å². The van der Waals surface area contributed by atoms with E-state index in [1.807, 2.05) is 0 Å². The maximum atomic E-state index is 13.4. The van der Waals surface area contributed by atoms with E-state index in [-0.39, 0.29) is 18.9 Å². The number of aliphatic hydroxyl groups excluding tert-OH is 11. The number of carbonyl (C=O) groups is 1. The Bertz CT molecular complexity index is 2130. The molecule has 540 valence electrons. The normalized spacial score (nSPS) is 28.0. The Morgan fingerprint density at radius 1 is 0.394 bits per heavy atom. The molecule has 0 bridgehead atoms. The zero-order valence-corrected chi connectivity index (χ0v) is 57.1. The van der Waals surface area contributed by atoms with Gasteiger partial charge in [0.15, 0.2) is 18.9 Å². The largest absolute Gasteiger partial charge is 0.394 e. The summed E-state index contributed by atoms with van der Waals surface area (Å²) in [5, 5.41) is 120. The highest BCUT2D eigenvalue weighted by Crippen LogP contribution is 2.33. The molecule has 3 rings (SSSR count). The molecule has 3 aliphatic heterocycles. The zero-order chi connectivity index (χ0) is 68.2. The van der Waals surface area contributed by atoms with Crippen LogP contribution < -0.4 is 5.32 Å². The molecule has 0 spiro atoms. The maximum Gasteiger partial charge on any atom is 0.220 e. The number of aliphatic hydroxyl groups is 11. The summed E-state index contributed by atoms with van der Waals surface area (Å²) < 4.78 is 34.3. The number of hydrogen-bond donors (Lipinski definition) is 12. The summed E-state index contributed by atoms with van der Waals surface area (Å²) in [6, 6.07) is -0.894. The van der Waals surface area contributed by atoms with Crippen LogP contribution in [0.25, 0.3) is 0 Å². The van der Waals surface area contributed by atoms with Crippen LogP contribution in [-0.4, -0.2) is 193 Å². The first kappa shape index (κ1) is 84.7. The number of hydrogen-bond acceptors (Lipinski definition) is 18. The van der Waals surface area contributed by atoms with Gasteiger partial charge in [-0.1, -0.05) is 245 Å². The van der Waals surface area contributed by atoms with Crippen molar-refractivity contribution in [1.29, 1.82) is 0 Å². The van der Waals surface area contributed by atoms with Crippen molar-refractivity contribution in [3.05, 3.63) is 109 Å². The van der Waals surface area contributed by atoms with E-state index in [4.69, 9.17) is 28.4 Å². The van der Waals surface area contributed by atoms with Gasteiger partial charge in [-0.05, 0) is 83.5 Å². The molecule has 17 atom stereocenters. The minimum atomic E-state index is -1.98. The van der Waals surface area contributed by atoms with Gasteiger partial charge in [0.05, 0.1) is 38.6 Å². The van der Waals surface area contributed by atoms with E-state index >= 15 is 0 Å². The predicted octanol–water partition coefficient (Wildman–Crippen LogP) is 10.2. The van der Waals surface area contributed by atoms with Crippen LogP contribution in [0.2, 0.25) is 0 Å². The number of unbranched alkanes of at least 4 members (excludes halogenated alkanes) is 20. The van der Waals surface area contributed by atoms with Crippen molar-refractivity contribution in [2.24, 2.45) is 0 Å². The number of rotatable bonds is 54. The van der Waals surface area contributed by atoms with E-state index in [1.54, 1.807) is 0 Å². The standard InChI is InChI=1S/C75H127NO18/c1-3-5-7-9-11-13-15-16-17-18-19-20-21-22-23-24-25-26-27-28-29-30-31-32-33-34-35-36-37-38-39-40-41-42-43-45-47-49-51-53-63(81)76-58(59(80)52-50-48-46-44-14-12-10-8-6-4-2)57-89-73-69(87)66(84)71(61(55-78)91-73)94-75-70(88)67(85)72(62(56-79)92-75)93-74-68(86)65(83)64(82)60(54-77)90-74/h5,7,11,13,16-17,19-20,22-23,25-26,28-29,31-32,34-35,58-62,64-75,77-80,82-88H,3-4,6,8-10,12,14-15,18,21,24,27,30,33,36-57H2,1-2H3,(H,76,81)/b7-5-,13-11-,17-16-,20-19-,23-22-,26-25-,29-28-,32-31-,35-34-. The Morgan fingerprint density at radius 2 is 0.734 bits per heavy atom. The molecular weight excluding hydrogens is 1200 g/mol. The van der Waals surface area contributed by atoms with Crippen LogP contribution >= 0.6 is 0 Å². The fraction of sp³-hybridized carbons (Fsp3) is 0.747. The molecule has 19 heteroatoms. The van der Waals surface area contributed by atoms with Crippen molar-refractivity contribution in [3.63, 3.8) is 0 Å². The fourth-order valence-corrected chi connectivity index (χ4v) is 11.5. The lowest BCUT2D eigenvalue weighted by atomic mass is 9.96. The summed E-state index contributed by atoms with van der Waals surface area (Å²) >= 11 is 0. The summed E-state index contributed by atoms with van der Waals surface area (Å²) in [4.78, 5) is 13.4. The smallest absolute Gasteiger partial charge is 0.220 e. The molecule has 0 aromatic rings. The summed E-state index contributed by atoms with van der Waals surface area (Å²) in [7, 11) is 0. The van der Waals surface area contributed by atoms with Crippen molar-refractivity contribution in [2.45, 2.75) is 330 Å². The maximum absolute atomic E-state index is 13.4. The third-order valence-corrected chi connectivity index (χ3v) is 17.4. The molecule has 3 aliphatic rings. The lowest BCUT2D eigenvalue weighted by Gasteiger charge is -2.48. The number of allylic oxidation sites excluding steroid dienone is 18. The molecular formula is C75H127NO18. The molecule has 1 amide bonds. The predicted molar refractivity (Wildman–Crippen MR) is 369 cm³/mol. The minimum absolute atomic E-state index is 0.252. The summed E-state index contributed by atoms with van der Waals surface area (Å²) in [5.41, 5.74) is 0. The molecule has 19 nitrogen and oxygen atoms in total. The summed E-state index contributed by atoms with van der Waals surface area (Å²) in [6.07, 6.45) is 47.7. The fourth-order valence-electron chi connectivity index (χ4n) is 11.5. The first-order chi connectivity index (χ1) is 45.8. The second-order valence-corrected chi connectivity index (χ2v) is 25.3. The van der Waals surface area contributed by atoms with Gasteiger partial charge in [0.25, 0.3) is 0 Å². The van der Waals surface area contributed by atoms with Crippen LogP contribution in [0.15, 0.2) is 109 Å². The van der Waals surface area contributed by atoms with Gasteiger partial charge in [0, 0.05) is 6.42 Å². The van der Waals surface area contributed by atoms with E-state index < -0.39 is 124 Å². The van der Waals surface area contributed by atoms with Crippen molar-refractivity contribution >= 4 is 5.91 Å². The number of ether oxygens (including phenoxy) is 6. The van der Waals surface area contributed by atoms with Crippen LogP contribution in [0, 0.1) is 0 Å². The Hall–Kier alpha value is -3.55. The van der Waals surface area contributed by atoms with E-state index in [0.717, 1.165) is 116 Å². The molecule has 3 fully saturated rings. The molecule has 0 aromatic heterocycles. The summed E-state index contributed by atoms with van der Waals surface area (Å²) in [5.74, 6) is -0.252. The highest BCUT2D eigenvalue weighted by molar-refractivity contribution is 5.76. The first-order valence-corrected chi connectivity index (χ1v) is 36.1. The van der Waals surface area contributed by atoms with Gasteiger partial charge in [-0.25, -0.2) is 0 Å². The van der Waals surface area contributed by atoms with Crippen molar-refractivity contribution < 1.29 is 89.4 Å². The second kappa shape index (κ2) is 55.3. The van der Waals surface area contributed by atoms with E-state index in [1.165, 1.54) is 77.0 Å². The highest BCUT2D eigenvalue weighted by atomic mass is 16.8. The molecule has 0 aromatic carbocycles. The third kappa shape index (κ3) is 36.3. The third-order valence-electron chi connectivity index (χ3n) is 17.4. The van der Waals surface area contributed by atoms with Crippen molar-refractivity contribution in [2.75, 3.05) is 26.4 Å². The Kier molecular flexibility index (Phi) is 49.9. The molecule has 94 heavy (non-hydrogen) atoms. The van der Waals surface area contributed by atoms with E-state index in [9.17, 15) is 61.0 Å². The monoisotopic (exact) mass is 1330 g/mol. The van der Waals surface area contributed by atoms with Crippen molar-refractivity contribution in [1.82, 2.24) is 5.32 Å². The SMILES string of the molecule is CC/C=C\C/C=C\C/C=C\C/C=C\C/C=C\C/C=C\C/C=C\C/C=C\C/C=C\CCCCCCCCCCCCCC(=O)NC(COC1OC(CO)C(OC2OC(CO)C(OC3OC(CO)C(O)C(O)C3O)C(O)C2O)C(O)C1O)C(O)CCCCCCCCCCCC. The molecule has 0 aliphatic carbocycles. The molecule has 3 heterocycles. The molecule has 12 N–H and O–H groups in total. The van der Waals surface area contributed by atoms with E-state index in [2.05, 4.69) is 129 Å². The molecule has 17 unspecified atom stereocenters. The average Bonchev–Trinajstić information content (AvgIpc) is 0.788. The van der Waals surface area contributed by atoms with Crippen LogP contribution in [0.5, 0.6) is 0 Å². The Morgan fingerprint density at radius 3 is 1.15 bits per heavy atom. The van der Waals surface area contributed by atoms with Gasteiger partial charge in [0.1, 0.15) is 73.2 Å². The van der Waals surface area contributed by atoms with Crippen LogP contribution in [-0.2, 0) is 33.2 Å². The van der Waals surface area contributed by atoms with Gasteiger partial charge in [-0.15, -0.1) is 0 Å². The lowest BCUT2D eigenvalue weighted by Crippen LogP contribution is -2.66. The quantitative estimate of drug-likeness (QED) is 0.0199. The Labute approximate surface area is 564 Å². The Balaban J connectivity index is 1.31. The van der Waals surface area contributed by atoms with Gasteiger partial charge in [-0.3, -0.25) is 4.79 Å². The minimum Gasteiger partial charge on any atom is -0.394 e. The van der Waals surface area contributed by atoms with Crippen LogP contribution in [0.1, 0.15) is 226 Å². The topological polar surface area (TPSA) is 307 Å². The first-order valence-electron chi connectivity index (χ1n) is 36.1. The highest BCUT2D eigenvalue weighted by Gasteiger charge is 2.53. The molecule has 3 saturated heterocycles. The summed E-state index contributed by atoms with van der Waals surface area (Å²) in [6.45, 7) is 1.64. The van der Waals surface area contributed by atoms with Gasteiger partial charge in [-0.2, -0.15) is 0 Å². The van der Waals surface area contributed by atoms with Gasteiger partial charge in [0.2, 0.25) is 5.91 Å². The van der Waals surface area contributed by atoms with Gasteiger partial charge < -0.3 is 89.9 Å². The lowest BCUT2D eigenvalue weighted by molar-refractivity contribution is -0.379. The second-order valence-electron chi connectivity index (χ2n) is 25.3. The number of amides is 1. The van der Waals surface area contributed by atoms with Crippen molar-refractivity contribution in [3.8, 4) is 0 Å². The van der Waals surface area contributed by atoms with Crippen LogP contribution in [0.3, 0.4) is 0 Å². The van der Waals surface area contributed by atoms with E-state index in [0.29, 0.717) is 12.8 Å². The number of carbonyl (C=O) groups excluding carboxylic acids is 1. The number of nitrogens with one attached hydrogen (secondary N) is 1. The van der Waals surface area contributed by atoms with Gasteiger partial charge >= 0.3 is 0 Å². The molecule has 0 saturated carbocycles. The zero-order valence-electron chi connectivity index (χ0n) is 57.1. The average molecular weight is 1330 g/mol.